The third kappa shape index (κ3) is 5.72. The summed E-state index contributed by atoms with van der Waals surface area (Å²) in [5.41, 5.74) is 1.68. The first kappa shape index (κ1) is 20.2. The van der Waals surface area contributed by atoms with E-state index in [1.807, 2.05) is 30.3 Å². The first-order valence-corrected chi connectivity index (χ1v) is 9.58. The van der Waals surface area contributed by atoms with Gasteiger partial charge in [0, 0.05) is 16.9 Å². The van der Waals surface area contributed by atoms with Crippen LogP contribution in [0.1, 0.15) is 15.9 Å². The molecule has 0 fully saturated rings. The molecule has 0 saturated heterocycles. The fourth-order valence-electron chi connectivity index (χ4n) is 2.44. The van der Waals surface area contributed by atoms with Gasteiger partial charge in [-0.25, -0.2) is 9.78 Å². The highest BCUT2D eigenvalue weighted by Gasteiger charge is 2.07. The maximum atomic E-state index is 12.2. The van der Waals surface area contributed by atoms with Crippen LogP contribution in [0.5, 0.6) is 0 Å². The minimum absolute atomic E-state index is 0.0241. The Bertz CT molecular complexity index is 1140. The van der Waals surface area contributed by atoms with E-state index < -0.39 is 17.0 Å². The zero-order chi connectivity index (χ0) is 20.6. The quantitative estimate of drug-likeness (QED) is 0.300. The van der Waals surface area contributed by atoms with Gasteiger partial charge in [-0.1, -0.05) is 42.3 Å². The number of carbonyl (C=O) groups is 2. The van der Waals surface area contributed by atoms with Gasteiger partial charge in [-0.05, 0) is 40.9 Å². The Labute approximate surface area is 169 Å². The highest BCUT2D eigenvalue weighted by Crippen LogP contribution is 2.16. The molecular weight excluding hydrogens is 392 g/mol. The van der Waals surface area contributed by atoms with Gasteiger partial charge in [-0.3, -0.25) is 9.00 Å². The highest BCUT2D eigenvalue weighted by atomic mass is 32.2. The number of ether oxygens (including phenoxy) is 1. The smallest absolute Gasteiger partial charge is 0.384 e. The van der Waals surface area contributed by atoms with Crippen molar-refractivity contribution in [3.8, 4) is 11.8 Å². The number of hydrogen-bond acceptors (Lipinski definition) is 6. The Hall–Kier alpha value is -3.54. The molecule has 3 rings (SSSR count). The predicted octanol–water partition coefficient (Wildman–Crippen LogP) is 1.95. The second kappa shape index (κ2) is 9.59. The second-order valence-electron chi connectivity index (χ2n) is 5.84. The highest BCUT2D eigenvalue weighted by molar-refractivity contribution is 7.79. The van der Waals surface area contributed by atoms with E-state index in [4.69, 9.17) is 4.74 Å². The van der Waals surface area contributed by atoms with Crippen LogP contribution in [-0.4, -0.2) is 32.2 Å². The molecule has 0 aliphatic carbocycles. The summed E-state index contributed by atoms with van der Waals surface area (Å²) in [6.45, 7) is 0.108. The molecule has 0 spiro atoms. The number of rotatable bonds is 5. The molecule has 1 N–H and O–H groups in total. The summed E-state index contributed by atoms with van der Waals surface area (Å²) in [5.74, 6) is 3.80. The fourth-order valence-corrected chi connectivity index (χ4v) is 2.80. The first-order chi connectivity index (χ1) is 14.0. The first-order valence-electron chi connectivity index (χ1n) is 8.51. The molecule has 0 radical (unpaired) electrons. The number of nitrogens with zero attached hydrogens (tertiary/aromatic N) is 1. The molecular formula is C21H15N2O5S-. The SMILES string of the molecule is O=C(C#CCNC(=O)c1ccc2nc(S(=O)[O-])ccc2c1)OCc1ccccc1. The van der Waals surface area contributed by atoms with E-state index >= 15 is 0 Å². The van der Waals surface area contributed by atoms with E-state index in [-0.39, 0.29) is 24.1 Å². The average molecular weight is 407 g/mol. The van der Waals surface area contributed by atoms with Crippen molar-refractivity contribution >= 4 is 33.9 Å². The van der Waals surface area contributed by atoms with Gasteiger partial charge >= 0.3 is 5.97 Å². The van der Waals surface area contributed by atoms with Crippen molar-refractivity contribution in [1.29, 1.82) is 0 Å². The minimum Gasteiger partial charge on any atom is -0.767 e. The second-order valence-corrected chi connectivity index (χ2v) is 6.73. The molecule has 2 aromatic carbocycles. The summed E-state index contributed by atoms with van der Waals surface area (Å²) in [6, 6.07) is 16.8. The van der Waals surface area contributed by atoms with E-state index in [9.17, 15) is 18.4 Å². The molecule has 29 heavy (non-hydrogen) atoms. The molecule has 1 aromatic heterocycles. The zero-order valence-electron chi connectivity index (χ0n) is 15.1. The Morgan fingerprint density at radius 1 is 1.10 bits per heavy atom. The van der Waals surface area contributed by atoms with Crippen LogP contribution in [-0.2, 0) is 27.2 Å². The van der Waals surface area contributed by atoms with Gasteiger partial charge in [-0.15, -0.1) is 0 Å². The van der Waals surface area contributed by atoms with Crippen LogP contribution in [0.25, 0.3) is 10.9 Å². The van der Waals surface area contributed by atoms with Crippen molar-refractivity contribution in [3.05, 3.63) is 71.8 Å². The fraction of sp³-hybridized carbons (Fsp3) is 0.0952. The maximum absolute atomic E-state index is 12.2. The van der Waals surface area contributed by atoms with Gasteiger partial charge in [0.2, 0.25) is 0 Å². The van der Waals surface area contributed by atoms with E-state index in [1.54, 1.807) is 18.2 Å². The van der Waals surface area contributed by atoms with Gasteiger partial charge in [0.05, 0.1) is 12.1 Å². The van der Waals surface area contributed by atoms with Crippen molar-refractivity contribution in [1.82, 2.24) is 10.3 Å². The lowest BCUT2D eigenvalue weighted by atomic mass is 10.1. The van der Waals surface area contributed by atoms with Gasteiger partial charge < -0.3 is 14.6 Å². The molecule has 146 valence electrons. The summed E-state index contributed by atoms with van der Waals surface area (Å²) in [5, 5.41) is 3.14. The summed E-state index contributed by atoms with van der Waals surface area (Å²) >= 11 is -2.41. The Morgan fingerprint density at radius 2 is 1.90 bits per heavy atom. The van der Waals surface area contributed by atoms with Crippen LogP contribution in [0, 0.1) is 11.8 Å². The Kier molecular flexibility index (Phi) is 6.68. The van der Waals surface area contributed by atoms with Gasteiger partial charge in [0.25, 0.3) is 5.91 Å². The van der Waals surface area contributed by atoms with Gasteiger partial charge in [0.15, 0.2) is 0 Å². The van der Waals surface area contributed by atoms with Crippen molar-refractivity contribution in [3.63, 3.8) is 0 Å². The Morgan fingerprint density at radius 3 is 2.66 bits per heavy atom. The number of pyridine rings is 1. The lowest BCUT2D eigenvalue weighted by Crippen LogP contribution is -2.23. The molecule has 0 aliphatic rings. The van der Waals surface area contributed by atoms with Crippen molar-refractivity contribution in [2.24, 2.45) is 0 Å². The number of esters is 1. The molecule has 8 heteroatoms. The minimum atomic E-state index is -2.41. The van der Waals surface area contributed by atoms with Crippen molar-refractivity contribution in [2.75, 3.05) is 6.54 Å². The molecule has 1 amide bonds. The molecule has 1 atom stereocenters. The Balaban J connectivity index is 1.53. The van der Waals surface area contributed by atoms with E-state index in [2.05, 4.69) is 22.1 Å². The largest absolute Gasteiger partial charge is 0.767 e. The van der Waals surface area contributed by atoms with Crippen molar-refractivity contribution in [2.45, 2.75) is 11.6 Å². The zero-order valence-corrected chi connectivity index (χ0v) is 15.9. The van der Waals surface area contributed by atoms with Crippen LogP contribution in [0.4, 0.5) is 0 Å². The number of amides is 1. The lowest BCUT2D eigenvalue weighted by Gasteiger charge is -2.07. The van der Waals surface area contributed by atoms with E-state index in [1.165, 1.54) is 12.1 Å². The number of nitrogens with one attached hydrogen (secondary N) is 1. The number of fused-ring (bicyclic) bond motifs is 1. The summed E-state index contributed by atoms with van der Waals surface area (Å²) < 4.78 is 26.9. The van der Waals surface area contributed by atoms with Crippen LogP contribution in [0.3, 0.4) is 0 Å². The molecule has 1 heterocycles. The third-order valence-electron chi connectivity index (χ3n) is 3.84. The molecule has 0 saturated carbocycles. The molecule has 7 nitrogen and oxygen atoms in total. The normalized spacial score (nSPS) is 11.2. The summed E-state index contributed by atoms with van der Waals surface area (Å²) in [7, 11) is 0. The van der Waals surface area contributed by atoms with E-state index in [0.29, 0.717) is 16.5 Å². The maximum Gasteiger partial charge on any atom is 0.384 e. The number of benzene rings is 2. The van der Waals surface area contributed by atoms with Crippen LogP contribution in [0.15, 0.2) is 65.7 Å². The number of aromatic nitrogens is 1. The monoisotopic (exact) mass is 407 g/mol. The van der Waals surface area contributed by atoms with Crippen molar-refractivity contribution < 1.29 is 23.1 Å². The molecule has 0 bridgehead atoms. The molecule has 1 unspecified atom stereocenters. The lowest BCUT2D eigenvalue weighted by molar-refractivity contribution is -0.137. The average Bonchev–Trinajstić information content (AvgIpc) is 2.75. The third-order valence-corrected chi connectivity index (χ3v) is 4.41. The van der Waals surface area contributed by atoms with Gasteiger partial charge in [0.1, 0.15) is 11.6 Å². The standard InChI is InChI=1S/C21H16N2O5S/c24-20(28-14-15-5-2-1-3-6-15)7-4-12-22-21(25)17-8-10-18-16(13-17)9-11-19(23-18)29(26)27/h1-3,5-6,8-11,13H,12,14H2,(H,22,25)(H,26,27)/p-1. The van der Waals surface area contributed by atoms with E-state index in [0.717, 1.165) is 5.56 Å². The van der Waals surface area contributed by atoms with Crippen LogP contribution < -0.4 is 5.32 Å². The number of carbonyl (C=O) groups excluding carboxylic acids is 2. The topological polar surface area (TPSA) is 108 Å². The predicted molar refractivity (Wildman–Crippen MR) is 105 cm³/mol. The molecule has 0 aliphatic heterocycles. The summed E-state index contributed by atoms with van der Waals surface area (Å²) in [6.07, 6.45) is 0. The van der Waals surface area contributed by atoms with Gasteiger partial charge in [-0.2, -0.15) is 0 Å². The van der Waals surface area contributed by atoms with Crippen LogP contribution in [0.2, 0.25) is 0 Å². The molecule has 3 aromatic rings. The van der Waals surface area contributed by atoms with Crippen LogP contribution >= 0.6 is 0 Å². The number of hydrogen-bond donors (Lipinski definition) is 1. The summed E-state index contributed by atoms with van der Waals surface area (Å²) in [4.78, 5) is 27.8.